The van der Waals surface area contributed by atoms with Crippen molar-refractivity contribution in [3.05, 3.63) is 66.4 Å². The minimum absolute atomic E-state index is 0.362. The molecular formula is C21H21N3O4. The zero-order valence-corrected chi connectivity index (χ0v) is 15.7. The molecule has 28 heavy (non-hydrogen) atoms. The number of ether oxygens (including phenoxy) is 3. The van der Waals surface area contributed by atoms with Crippen LogP contribution in [-0.4, -0.2) is 37.9 Å². The largest absolute Gasteiger partial charge is 0.497 e. The number of amides is 1. The lowest BCUT2D eigenvalue weighted by molar-refractivity contribution is 0.0951. The Morgan fingerprint density at radius 1 is 1.14 bits per heavy atom. The van der Waals surface area contributed by atoms with Gasteiger partial charge >= 0.3 is 0 Å². The average Bonchev–Trinajstić information content (AvgIpc) is 3.16. The van der Waals surface area contributed by atoms with Gasteiger partial charge in [0.25, 0.3) is 5.91 Å². The highest BCUT2D eigenvalue weighted by atomic mass is 16.5. The van der Waals surface area contributed by atoms with E-state index in [-0.39, 0.29) is 5.91 Å². The third-order valence-electron chi connectivity index (χ3n) is 4.00. The summed E-state index contributed by atoms with van der Waals surface area (Å²) >= 11 is 0. The second kappa shape index (κ2) is 8.77. The molecule has 2 N–H and O–H groups in total. The fraction of sp³-hybridized carbons (Fsp3) is 0.143. The molecule has 0 aliphatic carbocycles. The quantitative estimate of drug-likeness (QED) is 0.356. The van der Waals surface area contributed by atoms with E-state index in [9.17, 15) is 4.79 Å². The number of rotatable bonds is 8. The highest BCUT2D eigenvalue weighted by Crippen LogP contribution is 2.31. The summed E-state index contributed by atoms with van der Waals surface area (Å²) < 4.78 is 16.0. The van der Waals surface area contributed by atoms with E-state index >= 15 is 0 Å². The van der Waals surface area contributed by atoms with Crippen LogP contribution in [0.4, 0.5) is 0 Å². The van der Waals surface area contributed by atoms with Crippen LogP contribution in [0.5, 0.6) is 17.2 Å². The molecule has 0 spiro atoms. The molecule has 0 bridgehead atoms. The number of H-pyrrole nitrogens is 1. The number of fused-ring (bicyclic) bond motifs is 1. The summed E-state index contributed by atoms with van der Waals surface area (Å²) in [6.45, 7) is 4.05. The molecule has 3 rings (SSSR count). The Kier molecular flexibility index (Phi) is 5.96. The highest BCUT2D eigenvalue weighted by molar-refractivity contribution is 6.00. The Morgan fingerprint density at radius 3 is 2.61 bits per heavy atom. The minimum atomic E-state index is -0.362. The molecule has 0 aliphatic rings. The summed E-state index contributed by atoms with van der Waals surface area (Å²) in [7, 11) is 3.14. The molecule has 3 aromatic rings. The van der Waals surface area contributed by atoms with Crippen molar-refractivity contribution in [1.29, 1.82) is 0 Å². The molecule has 0 aliphatic heterocycles. The first-order valence-electron chi connectivity index (χ1n) is 8.56. The van der Waals surface area contributed by atoms with Gasteiger partial charge in [-0.1, -0.05) is 12.7 Å². The maximum absolute atomic E-state index is 12.4. The van der Waals surface area contributed by atoms with E-state index in [4.69, 9.17) is 14.2 Å². The van der Waals surface area contributed by atoms with Crippen LogP contribution < -0.4 is 19.6 Å². The summed E-state index contributed by atoms with van der Waals surface area (Å²) in [4.78, 5) is 15.4. The molecule has 7 heteroatoms. The molecule has 1 amide bonds. The van der Waals surface area contributed by atoms with Crippen LogP contribution in [0.3, 0.4) is 0 Å². The predicted molar refractivity (Wildman–Crippen MR) is 109 cm³/mol. The number of aromatic nitrogens is 1. The number of nitrogens with one attached hydrogen (secondary N) is 2. The first-order valence-corrected chi connectivity index (χ1v) is 8.56. The Labute approximate surface area is 162 Å². The van der Waals surface area contributed by atoms with Crippen molar-refractivity contribution in [3.8, 4) is 17.2 Å². The van der Waals surface area contributed by atoms with Crippen molar-refractivity contribution in [2.24, 2.45) is 5.10 Å². The predicted octanol–water partition coefficient (Wildman–Crippen LogP) is 3.51. The lowest BCUT2D eigenvalue weighted by atomic mass is 10.2. The van der Waals surface area contributed by atoms with E-state index in [1.165, 1.54) is 0 Å². The zero-order valence-electron chi connectivity index (χ0n) is 15.7. The summed E-state index contributed by atoms with van der Waals surface area (Å²) in [5, 5.41) is 4.78. The van der Waals surface area contributed by atoms with Gasteiger partial charge in [0.15, 0.2) is 0 Å². The van der Waals surface area contributed by atoms with Gasteiger partial charge in [-0.25, -0.2) is 5.43 Å². The third kappa shape index (κ3) is 4.32. The van der Waals surface area contributed by atoms with Gasteiger partial charge in [-0.15, -0.1) is 0 Å². The number of hydrazone groups is 1. The summed E-state index contributed by atoms with van der Waals surface area (Å²) in [6.07, 6.45) is 3.24. The van der Waals surface area contributed by atoms with Crippen LogP contribution in [0, 0.1) is 0 Å². The topological polar surface area (TPSA) is 84.9 Å². The van der Waals surface area contributed by atoms with Crippen molar-refractivity contribution in [2.75, 3.05) is 20.8 Å². The lowest BCUT2D eigenvalue weighted by Crippen LogP contribution is -2.17. The van der Waals surface area contributed by atoms with Crippen LogP contribution >= 0.6 is 0 Å². The number of carbonyl (C=O) groups is 1. The van der Waals surface area contributed by atoms with Crippen molar-refractivity contribution in [3.63, 3.8) is 0 Å². The van der Waals surface area contributed by atoms with Gasteiger partial charge in [-0.3, -0.25) is 4.79 Å². The van der Waals surface area contributed by atoms with Gasteiger partial charge in [0.05, 0.1) is 26.0 Å². The van der Waals surface area contributed by atoms with Crippen LogP contribution in [0.15, 0.2) is 60.2 Å². The Hall–Kier alpha value is -3.74. The number of hydrogen-bond acceptors (Lipinski definition) is 5. The number of methoxy groups -OCH3 is 2. The number of benzene rings is 2. The monoisotopic (exact) mass is 379 g/mol. The van der Waals surface area contributed by atoms with Crippen molar-refractivity contribution in [2.45, 2.75) is 0 Å². The highest BCUT2D eigenvalue weighted by Gasteiger charge is 2.13. The Bertz CT molecular complexity index is 1010. The molecule has 1 heterocycles. The van der Waals surface area contributed by atoms with Gasteiger partial charge < -0.3 is 19.2 Å². The second-order valence-corrected chi connectivity index (χ2v) is 5.84. The molecule has 0 saturated carbocycles. The van der Waals surface area contributed by atoms with Crippen LogP contribution in [-0.2, 0) is 0 Å². The summed E-state index contributed by atoms with van der Waals surface area (Å²) in [5.74, 6) is 1.63. The fourth-order valence-electron chi connectivity index (χ4n) is 2.62. The molecular weight excluding hydrogens is 358 g/mol. The number of hydrogen-bond donors (Lipinski definition) is 2. The average molecular weight is 379 g/mol. The number of aromatic amines is 1. The molecule has 0 saturated heterocycles. The van der Waals surface area contributed by atoms with E-state index in [0.717, 1.165) is 22.2 Å². The summed E-state index contributed by atoms with van der Waals surface area (Å²) in [6, 6.07) is 12.6. The maximum Gasteiger partial charge on any atom is 0.287 e. The first-order chi connectivity index (χ1) is 13.6. The normalized spacial score (nSPS) is 10.8. The molecule has 0 radical (unpaired) electrons. The SMILES string of the molecule is C=CCOc1ccc(/C=N\NC(=O)c2cc3c(OC)cc(OC)cc3[nH]2)cc1. The third-order valence-corrected chi connectivity index (χ3v) is 4.00. The van der Waals surface area contributed by atoms with E-state index < -0.39 is 0 Å². The Morgan fingerprint density at radius 2 is 1.93 bits per heavy atom. The fourth-order valence-corrected chi connectivity index (χ4v) is 2.62. The molecule has 2 aromatic carbocycles. The Balaban J connectivity index is 1.69. The van der Waals surface area contributed by atoms with Gasteiger partial charge in [0.2, 0.25) is 0 Å². The zero-order chi connectivity index (χ0) is 19.9. The number of carbonyl (C=O) groups excluding carboxylic acids is 1. The van der Waals surface area contributed by atoms with Crippen molar-refractivity contribution in [1.82, 2.24) is 10.4 Å². The molecule has 0 unspecified atom stereocenters. The van der Waals surface area contributed by atoms with E-state index in [1.54, 1.807) is 44.7 Å². The van der Waals surface area contributed by atoms with Crippen molar-refractivity contribution >= 4 is 23.0 Å². The molecule has 0 fully saturated rings. The minimum Gasteiger partial charge on any atom is -0.497 e. The van der Waals surface area contributed by atoms with Crippen LogP contribution in [0.2, 0.25) is 0 Å². The van der Waals surface area contributed by atoms with Gasteiger partial charge in [-0.2, -0.15) is 5.10 Å². The molecule has 1 aromatic heterocycles. The lowest BCUT2D eigenvalue weighted by Gasteiger charge is -2.04. The smallest absolute Gasteiger partial charge is 0.287 e. The van der Waals surface area contributed by atoms with E-state index in [1.807, 2.05) is 24.3 Å². The maximum atomic E-state index is 12.4. The van der Waals surface area contributed by atoms with Crippen LogP contribution in [0.1, 0.15) is 16.1 Å². The van der Waals surface area contributed by atoms with Gasteiger partial charge in [0, 0.05) is 17.5 Å². The first kappa shape index (κ1) is 19.0. The summed E-state index contributed by atoms with van der Waals surface area (Å²) in [5.41, 5.74) is 4.44. The van der Waals surface area contributed by atoms with E-state index in [0.29, 0.717) is 23.8 Å². The van der Waals surface area contributed by atoms with Crippen molar-refractivity contribution < 1.29 is 19.0 Å². The standard InChI is InChI=1S/C21H21N3O4/c1-4-9-28-15-7-5-14(6-8-15)13-22-24-21(25)19-12-17-18(23-19)10-16(26-2)11-20(17)27-3/h4-8,10-13,23H,1,9H2,2-3H3,(H,24,25)/b22-13-. The molecule has 7 nitrogen and oxygen atoms in total. The molecule has 0 atom stereocenters. The molecule has 144 valence electrons. The second-order valence-electron chi connectivity index (χ2n) is 5.84. The number of nitrogens with zero attached hydrogens (tertiary/aromatic N) is 1. The van der Waals surface area contributed by atoms with Gasteiger partial charge in [0.1, 0.15) is 29.5 Å². The van der Waals surface area contributed by atoms with Crippen LogP contribution in [0.25, 0.3) is 10.9 Å². The van der Waals surface area contributed by atoms with E-state index in [2.05, 4.69) is 22.1 Å². The van der Waals surface area contributed by atoms with Gasteiger partial charge in [-0.05, 0) is 35.9 Å².